The maximum absolute atomic E-state index is 5.56. The van der Waals surface area contributed by atoms with Crippen molar-refractivity contribution in [2.75, 3.05) is 31.1 Å². The van der Waals surface area contributed by atoms with Gasteiger partial charge >= 0.3 is 0 Å². The second-order valence-corrected chi connectivity index (χ2v) is 3.41. The number of aryl methyl sites for hydroxylation is 1. The first-order valence-electron chi connectivity index (χ1n) is 5.64. The summed E-state index contributed by atoms with van der Waals surface area (Å²) >= 11 is 0. The van der Waals surface area contributed by atoms with E-state index in [1.54, 1.807) is 0 Å². The van der Waals surface area contributed by atoms with E-state index in [-0.39, 0.29) is 0 Å². The molecule has 0 amide bonds. The fraction of sp³-hybridized carbons (Fsp3) is 0.636. The molecule has 2 N–H and O–H groups in total. The molecule has 16 heavy (non-hydrogen) atoms. The van der Waals surface area contributed by atoms with E-state index >= 15 is 0 Å². The Hall–Kier alpha value is -1.36. The lowest BCUT2D eigenvalue weighted by atomic mass is 10.4. The molecule has 0 unspecified atom stereocenters. The summed E-state index contributed by atoms with van der Waals surface area (Å²) in [4.78, 5) is 10.7. The van der Waals surface area contributed by atoms with Gasteiger partial charge in [0, 0.05) is 25.7 Å². The van der Waals surface area contributed by atoms with Crippen molar-refractivity contribution in [3.05, 3.63) is 11.9 Å². The first-order valence-corrected chi connectivity index (χ1v) is 5.64. The number of anilines is 1. The Bertz CT molecular complexity index is 330. The summed E-state index contributed by atoms with van der Waals surface area (Å²) in [5.41, 5.74) is 5.56. The number of rotatable bonds is 6. The summed E-state index contributed by atoms with van der Waals surface area (Å²) in [6.45, 7) is 8.77. The predicted octanol–water partition coefficient (Wildman–Crippen LogP) is 0.969. The van der Waals surface area contributed by atoms with Crippen LogP contribution in [0.4, 0.5) is 5.82 Å². The minimum Gasteiger partial charge on any atom is -0.478 e. The van der Waals surface area contributed by atoms with Crippen molar-refractivity contribution in [1.82, 2.24) is 9.97 Å². The van der Waals surface area contributed by atoms with Crippen molar-refractivity contribution in [2.24, 2.45) is 5.73 Å². The van der Waals surface area contributed by atoms with Gasteiger partial charge in [0.15, 0.2) is 0 Å². The van der Waals surface area contributed by atoms with Crippen LogP contribution in [0.1, 0.15) is 19.7 Å². The van der Waals surface area contributed by atoms with Gasteiger partial charge in [-0.25, -0.2) is 4.98 Å². The molecule has 0 aliphatic rings. The average Bonchev–Trinajstić information content (AvgIpc) is 2.25. The van der Waals surface area contributed by atoms with Crippen molar-refractivity contribution < 1.29 is 4.74 Å². The molecule has 0 aromatic carbocycles. The number of hydrogen-bond donors (Lipinski definition) is 1. The van der Waals surface area contributed by atoms with Crippen molar-refractivity contribution in [3.63, 3.8) is 0 Å². The molecule has 1 rings (SSSR count). The van der Waals surface area contributed by atoms with E-state index in [1.807, 2.05) is 19.9 Å². The van der Waals surface area contributed by atoms with Crippen LogP contribution < -0.4 is 15.4 Å². The Kier molecular flexibility index (Phi) is 4.98. The zero-order valence-corrected chi connectivity index (χ0v) is 10.2. The highest BCUT2D eigenvalue weighted by molar-refractivity contribution is 5.41. The largest absolute Gasteiger partial charge is 0.478 e. The molecule has 1 heterocycles. The lowest BCUT2D eigenvalue weighted by Crippen LogP contribution is -2.30. The van der Waals surface area contributed by atoms with E-state index in [0.717, 1.165) is 24.7 Å². The van der Waals surface area contributed by atoms with E-state index in [9.17, 15) is 0 Å². The Morgan fingerprint density at radius 2 is 2.12 bits per heavy atom. The zero-order chi connectivity index (χ0) is 12.0. The first-order chi connectivity index (χ1) is 7.71. The fourth-order valence-electron chi connectivity index (χ4n) is 1.50. The lowest BCUT2D eigenvalue weighted by molar-refractivity contribution is 0.325. The first kappa shape index (κ1) is 12.7. The second-order valence-electron chi connectivity index (χ2n) is 3.41. The molecule has 0 aliphatic carbocycles. The van der Waals surface area contributed by atoms with Gasteiger partial charge in [-0.2, -0.15) is 4.98 Å². The van der Waals surface area contributed by atoms with Gasteiger partial charge in [0.2, 0.25) is 5.88 Å². The van der Waals surface area contributed by atoms with Crippen LogP contribution in [0, 0.1) is 6.92 Å². The molecule has 5 heteroatoms. The highest BCUT2D eigenvalue weighted by Crippen LogP contribution is 2.16. The normalized spacial score (nSPS) is 10.2. The van der Waals surface area contributed by atoms with Gasteiger partial charge < -0.3 is 15.4 Å². The highest BCUT2D eigenvalue weighted by atomic mass is 16.5. The van der Waals surface area contributed by atoms with Gasteiger partial charge in [-0.3, -0.25) is 0 Å². The SMILES string of the molecule is CCOc1cc(N(CC)CCN)nc(C)n1. The van der Waals surface area contributed by atoms with Gasteiger partial charge in [-0.15, -0.1) is 0 Å². The molecular weight excluding hydrogens is 204 g/mol. The molecule has 1 aromatic heterocycles. The molecule has 1 aromatic rings. The molecule has 0 spiro atoms. The summed E-state index contributed by atoms with van der Waals surface area (Å²) in [5, 5.41) is 0. The standard InChI is InChI=1S/C11H20N4O/c1-4-15(7-6-12)10-8-11(16-5-2)14-9(3)13-10/h8H,4-7,12H2,1-3H3. The van der Waals surface area contributed by atoms with Crippen molar-refractivity contribution in [2.45, 2.75) is 20.8 Å². The van der Waals surface area contributed by atoms with Crippen LogP contribution in [0.2, 0.25) is 0 Å². The third kappa shape index (κ3) is 3.34. The molecule has 90 valence electrons. The average molecular weight is 224 g/mol. The Balaban J connectivity index is 2.92. The van der Waals surface area contributed by atoms with Crippen LogP contribution >= 0.6 is 0 Å². The summed E-state index contributed by atoms with van der Waals surface area (Å²) in [6.07, 6.45) is 0. The van der Waals surface area contributed by atoms with Crippen molar-refractivity contribution >= 4 is 5.82 Å². The quantitative estimate of drug-likeness (QED) is 0.780. The van der Waals surface area contributed by atoms with Crippen LogP contribution in [0.15, 0.2) is 6.07 Å². The van der Waals surface area contributed by atoms with Gasteiger partial charge in [-0.05, 0) is 20.8 Å². The zero-order valence-electron chi connectivity index (χ0n) is 10.2. The number of nitrogens with zero attached hydrogens (tertiary/aromatic N) is 3. The van der Waals surface area contributed by atoms with Crippen molar-refractivity contribution in [1.29, 1.82) is 0 Å². The van der Waals surface area contributed by atoms with E-state index in [4.69, 9.17) is 10.5 Å². The number of ether oxygens (including phenoxy) is 1. The number of likely N-dealkylation sites (N-methyl/N-ethyl adjacent to an activating group) is 1. The maximum Gasteiger partial charge on any atom is 0.218 e. The molecule has 0 saturated carbocycles. The van der Waals surface area contributed by atoms with E-state index in [1.165, 1.54) is 0 Å². The van der Waals surface area contributed by atoms with Crippen LogP contribution in [0.25, 0.3) is 0 Å². The molecule has 0 saturated heterocycles. The van der Waals surface area contributed by atoms with Crippen LogP contribution in [-0.4, -0.2) is 36.2 Å². The smallest absolute Gasteiger partial charge is 0.218 e. The Morgan fingerprint density at radius 3 is 2.69 bits per heavy atom. The van der Waals surface area contributed by atoms with Crippen LogP contribution in [0.3, 0.4) is 0 Å². The van der Waals surface area contributed by atoms with E-state index in [0.29, 0.717) is 19.0 Å². The minimum atomic E-state index is 0.610. The minimum absolute atomic E-state index is 0.610. The molecule has 0 aliphatic heterocycles. The van der Waals surface area contributed by atoms with Crippen LogP contribution in [0.5, 0.6) is 5.88 Å². The summed E-state index contributed by atoms with van der Waals surface area (Å²) in [6, 6.07) is 1.86. The third-order valence-corrected chi connectivity index (χ3v) is 2.20. The van der Waals surface area contributed by atoms with E-state index < -0.39 is 0 Å². The molecule has 5 nitrogen and oxygen atoms in total. The fourth-order valence-corrected chi connectivity index (χ4v) is 1.50. The van der Waals surface area contributed by atoms with Gasteiger partial charge in [0.05, 0.1) is 6.61 Å². The molecule has 0 fully saturated rings. The monoisotopic (exact) mass is 224 g/mol. The molecular formula is C11H20N4O. The third-order valence-electron chi connectivity index (χ3n) is 2.20. The summed E-state index contributed by atoms with van der Waals surface area (Å²) in [5.74, 6) is 2.22. The number of aromatic nitrogens is 2. The van der Waals surface area contributed by atoms with Gasteiger partial charge in [-0.1, -0.05) is 0 Å². The topological polar surface area (TPSA) is 64.3 Å². The highest BCUT2D eigenvalue weighted by Gasteiger charge is 2.08. The van der Waals surface area contributed by atoms with Crippen molar-refractivity contribution in [3.8, 4) is 5.88 Å². The number of nitrogens with two attached hydrogens (primary N) is 1. The van der Waals surface area contributed by atoms with Gasteiger partial charge in [0.1, 0.15) is 11.6 Å². The Morgan fingerprint density at radius 1 is 1.38 bits per heavy atom. The summed E-state index contributed by atoms with van der Waals surface area (Å²) < 4.78 is 5.39. The lowest BCUT2D eigenvalue weighted by Gasteiger charge is -2.21. The van der Waals surface area contributed by atoms with E-state index in [2.05, 4.69) is 21.8 Å². The predicted molar refractivity (Wildman–Crippen MR) is 64.9 cm³/mol. The van der Waals surface area contributed by atoms with Crippen LogP contribution in [-0.2, 0) is 0 Å². The molecule has 0 radical (unpaired) electrons. The molecule has 0 bridgehead atoms. The van der Waals surface area contributed by atoms with Gasteiger partial charge in [0.25, 0.3) is 0 Å². The Labute approximate surface area is 96.6 Å². The second kappa shape index (κ2) is 6.27. The number of hydrogen-bond acceptors (Lipinski definition) is 5. The molecule has 0 atom stereocenters. The summed E-state index contributed by atoms with van der Waals surface area (Å²) in [7, 11) is 0. The maximum atomic E-state index is 5.56.